The van der Waals surface area contributed by atoms with Crippen LogP contribution in [-0.2, 0) is 9.59 Å². The molecule has 0 radical (unpaired) electrons. The number of halogens is 1. The first-order chi connectivity index (χ1) is 18.3. The summed E-state index contributed by atoms with van der Waals surface area (Å²) in [4.78, 5) is 42.0. The van der Waals surface area contributed by atoms with Gasteiger partial charge in [-0.1, -0.05) is 25.0 Å². The van der Waals surface area contributed by atoms with Crippen molar-refractivity contribution in [3.8, 4) is 11.8 Å². The van der Waals surface area contributed by atoms with Crippen LogP contribution in [0.2, 0.25) is 0 Å². The van der Waals surface area contributed by atoms with Gasteiger partial charge in [-0.25, -0.2) is 4.39 Å². The van der Waals surface area contributed by atoms with Crippen molar-refractivity contribution in [2.75, 3.05) is 12.4 Å². The lowest BCUT2D eigenvalue weighted by molar-refractivity contribution is -0.124. The number of ether oxygens (including phenoxy) is 1. The highest BCUT2D eigenvalue weighted by Crippen LogP contribution is 2.39. The van der Waals surface area contributed by atoms with Gasteiger partial charge in [-0.05, 0) is 55.5 Å². The van der Waals surface area contributed by atoms with Crippen molar-refractivity contribution in [1.82, 2.24) is 15.6 Å². The van der Waals surface area contributed by atoms with Gasteiger partial charge in [0.25, 0.3) is 5.91 Å². The third kappa shape index (κ3) is 4.92. The second-order valence-electron chi connectivity index (χ2n) is 9.93. The van der Waals surface area contributed by atoms with Gasteiger partial charge in [-0.15, -0.1) is 0 Å². The molecule has 4 N–H and O–H groups in total. The molecule has 10 heteroatoms. The van der Waals surface area contributed by atoms with Gasteiger partial charge in [0.2, 0.25) is 11.8 Å². The number of fused-ring (bicyclic) bond motifs is 2. The smallest absolute Gasteiger partial charge is 0.268 e. The number of carbonyl (C=O) groups excluding carboxylic acids is 3. The minimum absolute atomic E-state index is 0.0899. The number of H-pyrrole nitrogens is 1. The standard InChI is InChI=1S/C28H28FN5O4/c1-14-6-9-19(29)24-18(26(35)34-25(14)24)11-16(13-30)31-27(36)21(10-15-7-8-15)33-28(37)22-12-17-20(32-22)4-3-5-23(17)38-2/h3-6,9,12,15-16,18,21,32H,7-8,10-11H2,1-2H3,(H,31,36)(H,33,37)(H,34,35). The second-order valence-corrected chi connectivity index (χ2v) is 9.93. The molecule has 2 heterocycles. The molecule has 1 aromatic heterocycles. The fourth-order valence-electron chi connectivity index (χ4n) is 5.01. The maximum Gasteiger partial charge on any atom is 0.268 e. The Kier molecular flexibility index (Phi) is 6.76. The topological polar surface area (TPSA) is 136 Å². The van der Waals surface area contributed by atoms with Crippen molar-refractivity contribution >= 4 is 34.3 Å². The number of amides is 3. The van der Waals surface area contributed by atoms with E-state index in [-0.39, 0.29) is 17.7 Å². The van der Waals surface area contributed by atoms with E-state index in [0.717, 1.165) is 29.3 Å². The predicted octanol–water partition coefficient (Wildman–Crippen LogP) is 3.66. The highest BCUT2D eigenvalue weighted by molar-refractivity contribution is 6.04. The molecule has 9 nitrogen and oxygen atoms in total. The van der Waals surface area contributed by atoms with Gasteiger partial charge in [0.15, 0.2) is 0 Å². The number of rotatable bonds is 9. The molecule has 2 aliphatic rings. The monoisotopic (exact) mass is 517 g/mol. The van der Waals surface area contributed by atoms with Crippen molar-refractivity contribution in [1.29, 1.82) is 5.26 Å². The number of carbonyl (C=O) groups is 3. The summed E-state index contributed by atoms with van der Waals surface area (Å²) in [7, 11) is 1.55. The lowest BCUT2D eigenvalue weighted by Gasteiger charge is -2.21. The number of hydrogen-bond donors (Lipinski definition) is 4. The van der Waals surface area contributed by atoms with E-state index in [1.807, 2.05) is 12.1 Å². The maximum atomic E-state index is 14.6. The number of methoxy groups -OCH3 is 1. The van der Waals surface area contributed by atoms with Gasteiger partial charge in [0.1, 0.15) is 29.3 Å². The van der Waals surface area contributed by atoms with Gasteiger partial charge in [-0.2, -0.15) is 5.26 Å². The third-order valence-corrected chi connectivity index (χ3v) is 7.23. The van der Waals surface area contributed by atoms with Gasteiger partial charge in [0, 0.05) is 16.5 Å². The Morgan fingerprint density at radius 2 is 2.00 bits per heavy atom. The number of aryl methyl sites for hydroxylation is 1. The molecule has 0 bridgehead atoms. The summed E-state index contributed by atoms with van der Waals surface area (Å²) in [5, 5.41) is 18.7. The Morgan fingerprint density at radius 1 is 1.21 bits per heavy atom. The highest BCUT2D eigenvalue weighted by atomic mass is 19.1. The Balaban J connectivity index is 1.30. The zero-order valence-electron chi connectivity index (χ0n) is 21.1. The molecular formula is C28H28FN5O4. The molecule has 5 rings (SSSR count). The molecule has 3 aromatic rings. The van der Waals surface area contributed by atoms with Gasteiger partial charge in [-0.3, -0.25) is 14.4 Å². The summed E-state index contributed by atoms with van der Waals surface area (Å²) >= 11 is 0. The van der Waals surface area contributed by atoms with Crippen molar-refractivity contribution in [2.24, 2.45) is 5.92 Å². The molecule has 3 unspecified atom stereocenters. The first-order valence-corrected chi connectivity index (χ1v) is 12.6. The van der Waals surface area contributed by atoms with Crippen molar-refractivity contribution < 1.29 is 23.5 Å². The number of nitrogens with zero attached hydrogens (tertiary/aromatic N) is 1. The summed E-state index contributed by atoms with van der Waals surface area (Å²) in [6.07, 6.45) is 2.26. The van der Waals surface area contributed by atoms with Gasteiger partial charge in [0.05, 0.1) is 24.8 Å². The highest BCUT2D eigenvalue weighted by Gasteiger charge is 2.37. The SMILES string of the molecule is COc1cccc2[nH]c(C(=O)NC(CC3CC3)C(=O)NC(C#N)CC3C(=O)Nc4c(C)ccc(F)c43)cc12. The molecule has 196 valence electrons. The summed E-state index contributed by atoms with van der Waals surface area (Å²) in [5.41, 5.74) is 2.34. The fourth-order valence-corrected chi connectivity index (χ4v) is 5.01. The lowest BCUT2D eigenvalue weighted by Crippen LogP contribution is -2.50. The number of aromatic amines is 1. The van der Waals surface area contributed by atoms with E-state index in [4.69, 9.17) is 4.74 Å². The second kappa shape index (κ2) is 10.2. The average molecular weight is 518 g/mol. The van der Waals surface area contributed by atoms with Crippen LogP contribution in [0.5, 0.6) is 5.75 Å². The van der Waals surface area contributed by atoms with Crippen LogP contribution in [-0.4, -0.2) is 41.9 Å². The normalized spacial score (nSPS) is 17.7. The summed E-state index contributed by atoms with van der Waals surface area (Å²) in [5.74, 6) is -1.92. The molecule has 1 aliphatic heterocycles. The number of nitriles is 1. The van der Waals surface area contributed by atoms with E-state index in [1.165, 1.54) is 6.07 Å². The minimum Gasteiger partial charge on any atom is -0.496 e. The largest absolute Gasteiger partial charge is 0.496 e. The van der Waals surface area contributed by atoms with E-state index in [0.29, 0.717) is 23.8 Å². The van der Waals surface area contributed by atoms with E-state index >= 15 is 0 Å². The van der Waals surface area contributed by atoms with E-state index in [1.54, 1.807) is 38.3 Å². The number of anilines is 1. The molecule has 0 saturated heterocycles. The Hall–Kier alpha value is -4.39. The van der Waals surface area contributed by atoms with Gasteiger partial charge >= 0.3 is 0 Å². The molecule has 0 spiro atoms. The number of nitrogens with one attached hydrogen (secondary N) is 4. The zero-order chi connectivity index (χ0) is 27.0. The van der Waals surface area contributed by atoms with E-state index in [2.05, 4.69) is 20.9 Å². The molecule has 1 saturated carbocycles. The predicted molar refractivity (Wildman–Crippen MR) is 138 cm³/mol. The Morgan fingerprint density at radius 3 is 2.71 bits per heavy atom. The first kappa shape index (κ1) is 25.3. The van der Waals surface area contributed by atoms with Crippen LogP contribution in [0.3, 0.4) is 0 Å². The summed E-state index contributed by atoms with van der Waals surface area (Å²) < 4.78 is 20.0. The van der Waals surface area contributed by atoms with Crippen LogP contribution in [0, 0.1) is 30.0 Å². The van der Waals surface area contributed by atoms with Crippen molar-refractivity contribution in [3.63, 3.8) is 0 Å². The molecule has 3 atom stereocenters. The van der Waals surface area contributed by atoms with Crippen LogP contribution in [0.4, 0.5) is 10.1 Å². The zero-order valence-corrected chi connectivity index (χ0v) is 21.1. The molecule has 1 aliphatic carbocycles. The number of benzene rings is 2. The van der Waals surface area contributed by atoms with Crippen LogP contribution in [0.25, 0.3) is 10.9 Å². The van der Waals surface area contributed by atoms with E-state index in [9.17, 15) is 24.0 Å². The van der Waals surface area contributed by atoms with Crippen LogP contribution >= 0.6 is 0 Å². The quantitative estimate of drug-likeness (QED) is 0.344. The Labute approximate surface area is 218 Å². The van der Waals surface area contributed by atoms with Crippen LogP contribution in [0.1, 0.15) is 53.2 Å². The molecule has 1 fully saturated rings. The fraction of sp³-hybridized carbons (Fsp3) is 0.357. The molecular weight excluding hydrogens is 489 g/mol. The van der Waals surface area contributed by atoms with E-state index < -0.39 is 41.5 Å². The minimum atomic E-state index is -1.06. The third-order valence-electron chi connectivity index (χ3n) is 7.23. The van der Waals surface area contributed by atoms with Crippen LogP contribution < -0.4 is 20.7 Å². The lowest BCUT2D eigenvalue weighted by atomic mass is 9.92. The number of hydrogen-bond acceptors (Lipinski definition) is 5. The number of aromatic nitrogens is 1. The summed E-state index contributed by atoms with van der Waals surface area (Å²) in [6.45, 7) is 1.76. The average Bonchev–Trinajstić information content (AvgIpc) is 3.51. The van der Waals surface area contributed by atoms with Crippen LogP contribution in [0.15, 0.2) is 36.4 Å². The summed E-state index contributed by atoms with van der Waals surface area (Å²) in [6, 6.07) is 10.0. The maximum absolute atomic E-state index is 14.6. The van der Waals surface area contributed by atoms with Crippen molar-refractivity contribution in [2.45, 2.75) is 50.6 Å². The Bertz CT molecular complexity index is 1470. The molecule has 2 aromatic carbocycles. The molecule has 3 amide bonds. The van der Waals surface area contributed by atoms with Crippen molar-refractivity contribution in [3.05, 3.63) is 59.0 Å². The van der Waals surface area contributed by atoms with Gasteiger partial charge < -0.3 is 25.7 Å². The first-order valence-electron chi connectivity index (χ1n) is 12.6. The molecule has 38 heavy (non-hydrogen) atoms.